The molecule has 0 aromatic heterocycles. The van der Waals surface area contributed by atoms with Crippen LogP contribution < -0.4 is 14.8 Å². The Balaban J connectivity index is 2.45. The first-order valence-corrected chi connectivity index (χ1v) is 5.74. The fourth-order valence-electron chi connectivity index (χ4n) is 1.51. The fraction of sp³-hybridized carbons (Fsp3) is 0.462. The Morgan fingerprint density at radius 3 is 2.50 bits per heavy atom. The van der Waals surface area contributed by atoms with Crippen molar-refractivity contribution in [2.75, 3.05) is 33.2 Å². The molecule has 0 bridgehead atoms. The molecule has 0 amide bonds. The van der Waals surface area contributed by atoms with Crippen molar-refractivity contribution in [1.82, 2.24) is 0 Å². The summed E-state index contributed by atoms with van der Waals surface area (Å²) in [5.41, 5.74) is 0.928. The molecule has 0 atom stereocenters. The number of hydrogen-bond donors (Lipinski definition) is 1. The van der Waals surface area contributed by atoms with Gasteiger partial charge in [-0.15, -0.1) is 0 Å². The fourth-order valence-corrected chi connectivity index (χ4v) is 1.51. The van der Waals surface area contributed by atoms with Gasteiger partial charge in [0.2, 0.25) is 0 Å². The Morgan fingerprint density at radius 1 is 1.17 bits per heavy atom. The molecular formula is C13H19NO4. The summed E-state index contributed by atoms with van der Waals surface area (Å²) in [5, 5.41) is 3.21. The van der Waals surface area contributed by atoms with Gasteiger partial charge in [-0.2, -0.15) is 0 Å². The van der Waals surface area contributed by atoms with Gasteiger partial charge in [-0.05, 0) is 18.6 Å². The van der Waals surface area contributed by atoms with Crippen molar-refractivity contribution in [1.29, 1.82) is 0 Å². The van der Waals surface area contributed by atoms with Gasteiger partial charge in [0.15, 0.2) is 11.5 Å². The van der Waals surface area contributed by atoms with Crippen LogP contribution in [-0.4, -0.2) is 33.8 Å². The van der Waals surface area contributed by atoms with Crippen molar-refractivity contribution in [3.63, 3.8) is 0 Å². The predicted octanol–water partition coefficient (Wildman–Crippen LogP) is 2.07. The molecule has 5 heteroatoms. The highest BCUT2D eigenvalue weighted by Gasteiger charge is 2.04. The smallest absolute Gasteiger partial charge is 0.305 e. The van der Waals surface area contributed by atoms with Gasteiger partial charge in [-0.3, -0.25) is 4.79 Å². The van der Waals surface area contributed by atoms with E-state index in [-0.39, 0.29) is 5.97 Å². The minimum Gasteiger partial charge on any atom is -0.493 e. The van der Waals surface area contributed by atoms with Crippen molar-refractivity contribution >= 4 is 11.7 Å². The number of nitrogens with one attached hydrogen (secondary N) is 1. The van der Waals surface area contributed by atoms with Gasteiger partial charge in [-0.25, -0.2) is 0 Å². The van der Waals surface area contributed by atoms with E-state index >= 15 is 0 Å². The first-order chi connectivity index (χ1) is 8.71. The molecule has 0 saturated carbocycles. The standard InChI is InChI=1S/C13H19NO4/c1-16-11-7-6-10(9-12(11)17-2)14-8-4-5-13(15)18-3/h6-7,9,14H,4-5,8H2,1-3H3. The zero-order valence-corrected chi connectivity index (χ0v) is 11.0. The number of benzene rings is 1. The molecule has 5 nitrogen and oxygen atoms in total. The first-order valence-electron chi connectivity index (χ1n) is 5.74. The SMILES string of the molecule is COC(=O)CCCNc1ccc(OC)c(OC)c1. The molecule has 0 radical (unpaired) electrons. The van der Waals surface area contributed by atoms with E-state index in [1.165, 1.54) is 7.11 Å². The van der Waals surface area contributed by atoms with E-state index < -0.39 is 0 Å². The summed E-state index contributed by atoms with van der Waals surface area (Å²) in [6.45, 7) is 0.699. The third kappa shape index (κ3) is 4.16. The summed E-state index contributed by atoms with van der Waals surface area (Å²) >= 11 is 0. The van der Waals surface area contributed by atoms with Crippen LogP contribution in [0.1, 0.15) is 12.8 Å². The molecule has 0 aliphatic carbocycles. The molecule has 0 saturated heterocycles. The summed E-state index contributed by atoms with van der Waals surface area (Å²) in [6, 6.07) is 5.60. The Kier molecular flexibility index (Phi) is 5.84. The van der Waals surface area contributed by atoms with Gasteiger partial charge < -0.3 is 19.5 Å². The van der Waals surface area contributed by atoms with Crippen LogP contribution in [0.3, 0.4) is 0 Å². The van der Waals surface area contributed by atoms with Crippen LogP contribution in [0.4, 0.5) is 5.69 Å². The third-order valence-electron chi connectivity index (χ3n) is 2.50. The monoisotopic (exact) mass is 253 g/mol. The summed E-state index contributed by atoms with van der Waals surface area (Å²) in [5.74, 6) is 1.18. The van der Waals surface area contributed by atoms with E-state index in [1.807, 2.05) is 18.2 Å². The predicted molar refractivity (Wildman–Crippen MR) is 69.3 cm³/mol. The summed E-state index contributed by atoms with van der Waals surface area (Å²) in [7, 11) is 4.59. The summed E-state index contributed by atoms with van der Waals surface area (Å²) in [4.78, 5) is 10.9. The average molecular weight is 253 g/mol. The summed E-state index contributed by atoms with van der Waals surface area (Å²) in [6.07, 6.45) is 1.14. The number of hydrogen-bond acceptors (Lipinski definition) is 5. The van der Waals surface area contributed by atoms with Crippen molar-refractivity contribution in [2.24, 2.45) is 0 Å². The Labute approximate surface area is 107 Å². The van der Waals surface area contributed by atoms with Gasteiger partial charge in [-0.1, -0.05) is 0 Å². The van der Waals surface area contributed by atoms with Crippen LogP contribution in [0.5, 0.6) is 11.5 Å². The van der Waals surface area contributed by atoms with Gasteiger partial charge >= 0.3 is 5.97 Å². The van der Waals surface area contributed by atoms with Gasteiger partial charge in [0.1, 0.15) is 0 Å². The highest BCUT2D eigenvalue weighted by Crippen LogP contribution is 2.29. The van der Waals surface area contributed by atoms with E-state index in [1.54, 1.807) is 14.2 Å². The molecule has 0 aliphatic heterocycles. The van der Waals surface area contributed by atoms with Crippen molar-refractivity contribution < 1.29 is 19.0 Å². The normalized spacial score (nSPS) is 9.72. The number of carbonyl (C=O) groups is 1. The maximum absolute atomic E-state index is 10.9. The van der Waals surface area contributed by atoms with Crippen LogP contribution >= 0.6 is 0 Å². The van der Waals surface area contributed by atoms with Crippen LogP contribution in [0.15, 0.2) is 18.2 Å². The molecule has 0 fully saturated rings. The van der Waals surface area contributed by atoms with E-state index in [9.17, 15) is 4.79 Å². The highest BCUT2D eigenvalue weighted by atomic mass is 16.5. The van der Waals surface area contributed by atoms with Crippen LogP contribution in [-0.2, 0) is 9.53 Å². The zero-order chi connectivity index (χ0) is 13.4. The second-order valence-electron chi connectivity index (χ2n) is 3.68. The number of carbonyl (C=O) groups excluding carboxylic acids is 1. The number of esters is 1. The average Bonchev–Trinajstić information content (AvgIpc) is 2.42. The zero-order valence-electron chi connectivity index (χ0n) is 11.0. The molecule has 1 rings (SSSR count). The quantitative estimate of drug-likeness (QED) is 0.595. The lowest BCUT2D eigenvalue weighted by atomic mass is 10.2. The molecule has 1 aromatic rings. The molecule has 0 aliphatic rings. The Morgan fingerprint density at radius 2 is 1.89 bits per heavy atom. The second-order valence-corrected chi connectivity index (χ2v) is 3.68. The van der Waals surface area contributed by atoms with Crippen LogP contribution in [0.2, 0.25) is 0 Å². The van der Waals surface area contributed by atoms with E-state index in [0.29, 0.717) is 24.5 Å². The number of methoxy groups -OCH3 is 3. The molecule has 1 aromatic carbocycles. The Hall–Kier alpha value is -1.91. The van der Waals surface area contributed by atoms with Crippen LogP contribution in [0.25, 0.3) is 0 Å². The van der Waals surface area contributed by atoms with E-state index in [0.717, 1.165) is 12.1 Å². The van der Waals surface area contributed by atoms with Gasteiger partial charge in [0.05, 0.1) is 21.3 Å². The second kappa shape index (κ2) is 7.42. The van der Waals surface area contributed by atoms with E-state index in [2.05, 4.69) is 10.1 Å². The maximum Gasteiger partial charge on any atom is 0.305 e. The summed E-state index contributed by atoms with van der Waals surface area (Å²) < 4.78 is 14.9. The van der Waals surface area contributed by atoms with Crippen molar-refractivity contribution in [3.05, 3.63) is 18.2 Å². The number of ether oxygens (including phenoxy) is 3. The lowest BCUT2D eigenvalue weighted by Crippen LogP contribution is -2.06. The minimum absolute atomic E-state index is 0.191. The Bertz CT molecular complexity index is 393. The number of rotatable bonds is 7. The molecular weight excluding hydrogens is 234 g/mol. The maximum atomic E-state index is 10.9. The van der Waals surface area contributed by atoms with E-state index in [4.69, 9.17) is 9.47 Å². The molecule has 1 N–H and O–H groups in total. The number of anilines is 1. The highest BCUT2D eigenvalue weighted by molar-refractivity contribution is 5.69. The van der Waals surface area contributed by atoms with Gasteiger partial charge in [0.25, 0.3) is 0 Å². The molecule has 100 valence electrons. The topological polar surface area (TPSA) is 56.8 Å². The lowest BCUT2D eigenvalue weighted by molar-refractivity contribution is -0.140. The van der Waals surface area contributed by atoms with Crippen molar-refractivity contribution in [2.45, 2.75) is 12.8 Å². The largest absolute Gasteiger partial charge is 0.493 e. The van der Waals surface area contributed by atoms with Crippen LogP contribution in [0, 0.1) is 0 Å². The minimum atomic E-state index is -0.191. The lowest BCUT2D eigenvalue weighted by Gasteiger charge is -2.11. The molecule has 0 unspecified atom stereocenters. The third-order valence-corrected chi connectivity index (χ3v) is 2.50. The first kappa shape index (κ1) is 14.2. The molecule has 0 spiro atoms. The molecule has 0 heterocycles. The van der Waals surface area contributed by atoms with Crippen molar-refractivity contribution in [3.8, 4) is 11.5 Å². The van der Waals surface area contributed by atoms with Gasteiger partial charge in [0, 0.05) is 24.7 Å². The molecule has 18 heavy (non-hydrogen) atoms.